The summed E-state index contributed by atoms with van der Waals surface area (Å²) < 4.78 is 28.9. The van der Waals surface area contributed by atoms with Gasteiger partial charge in [0.25, 0.3) is 10.0 Å². The molecule has 0 aliphatic carbocycles. The Balaban J connectivity index is 1.69. The summed E-state index contributed by atoms with van der Waals surface area (Å²) in [5, 5.41) is 4.13. The minimum Gasteiger partial charge on any atom is -0.384 e. The van der Waals surface area contributed by atoms with Crippen LogP contribution in [0, 0.1) is 3.57 Å². The zero-order chi connectivity index (χ0) is 16.7. The minimum atomic E-state index is -3.63. The Morgan fingerprint density at radius 3 is 2.92 bits per heavy atom. The molecule has 0 bridgehead atoms. The zero-order valence-electron chi connectivity index (χ0n) is 12.6. The summed E-state index contributed by atoms with van der Waals surface area (Å²) in [5.74, 6) is 0. The molecule has 24 heavy (non-hydrogen) atoms. The van der Waals surface area contributed by atoms with E-state index in [-0.39, 0.29) is 4.90 Å². The number of benzene rings is 2. The third kappa shape index (κ3) is 2.82. The summed E-state index contributed by atoms with van der Waals surface area (Å²) in [6, 6.07) is 12.8. The number of pyridine rings is 1. The monoisotopic (exact) mass is 451 g/mol. The van der Waals surface area contributed by atoms with Gasteiger partial charge in [-0.1, -0.05) is 12.1 Å². The molecular weight excluding hydrogens is 437 g/mol. The summed E-state index contributed by atoms with van der Waals surface area (Å²) in [4.78, 5) is 4.64. The molecule has 2 heterocycles. The fourth-order valence-corrected chi connectivity index (χ4v) is 4.58. The van der Waals surface area contributed by atoms with Gasteiger partial charge in [-0.05, 0) is 64.9 Å². The molecule has 1 aromatic heterocycles. The van der Waals surface area contributed by atoms with Crippen LogP contribution < -0.4 is 10.0 Å². The fourth-order valence-electron chi connectivity index (χ4n) is 2.84. The highest BCUT2D eigenvalue weighted by atomic mass is 127. The first-order valence-electron chi connectivity index (χ1n) is 7.47. The molecule has 0 amide bonds. The summed E-state index contributed by atoms with van der Waals surface area (Å²) >= 11 is 2.22. The van der Waals surface area contributed by atoms with Crippen molar-refractivity contribution in [3.63, 3.8) is 0 Å². The van der Waals surface area contributed by atoms with Crippen molar-refractivity contribution in [1.29, 1.82) is 0 Å². The van der Waals surface area contributed by atoms with Crippen molar-refractivity contribution in [3.8, 4) is 0 Å². The van der Waals surface area contributed by atoms with E-state index >= 15 is 0 Å². The van der Waals surface area contributed by atoms with Crippen molar-refractivity contribution in [1.82, 2.24) is 4.98 Å². The van der Waals surface area contributed by atoms with E-state index in [1.807, 2.05) is 24.3 Å². The molecular formula is C17H14IN3O2S. The lowest BCUT2D eigenvalue weighted by Gasteiger charge is -2.10. The number of halogens is 1. The summed E-state index contributed by atoms with van der Waals surface area (Å²) in [6.07, 6.45) is 2.39. The molecule has 122 valence electrons. The maximum Gasteiger partial charge on any atom is 0.261 e. The second-order valence-corrected chi connectivity index (χ2v) is 8.48. The number of hydrogen-bond donors (Lipinski definition) is 2. The Morgan fingerprint density at radius 1 is 1.17 bits per heavy atom. The van der Waals surface area contributed by atoms with Gasteiger partial charge in [0.2, 0.25) is 0 Å². The van der Waals surface area contributed by atoms with E-state index in [9.17, 15) is 8.42 Å². The zero-order valence-corrected chi connectivity index (χ0v) is 15.6. The van der Waals surface area contributed by atoms with Crippen LogP contribution in [0.15, 0.2) is 53.6 Å². The van der Waals surface area contributed by atoms with Gasteiger partial charge in [-0.3, -0.25) is 9.71 Å². The first-order valence-corrected chi connectivity index (χ1v) is 10.0. The predicted octanol–water partition coefficient (Wildman–Crippen LogP) is 3.61. The third-order valence-electron chi connectivity index (χ3n) is 4.01. The Bertz CT molecular complexity index is 1050. The van der Waals surface area contributed by atoms with E-state index in [4.69, 9.17) is 0 Å². The fraction of sp³-hybridized carbons (Fsp3) is 0.118. The second-order valence-electron chi connectivity index (χ2n) is 5.64. The average Bonchev–Trinajstić information content (AvgIpc) is 3.02. The van der Waals surface area contributed by atoms with Crippen LogP contribution in [0.25, 0.3) is 10.9 Å². The lowest BCUT2D eigenvalue weighted by atomic mass is 10.2. The molecule has 0 unspecified atom stereocenters. The lowest BCUT2D eigenvalue weighted by Crippen LogP contribution is -2.13. The van der Waals surface area contributed by atoms with Gasteiger partial charge in [0.15, 0.2) is 0 Å². The number of fused-ring (bicyclic) bond motifs is 2. The Hall–Kier alpha value is -1.87. The van der Waals surface area contributed by atoms with Crippen LogP contribution in [0.2, 0.25) is 0 Å². The van der Waals surface area contributed by atoms with Gasteiger partial charge in [0.05, 0.1) is 22.3 Å². The number of aromatic nitrogens is 1. The van der Waals surface area contributed by atoms with E-state index in [0.29, 0.717) is 5.69 Å². The molecule has 1 aliphatic heterocycles. The molecule has 0 radical (unpaired) electrons. The van der Waals surface area contributed by atoms with Crippen LogP contribution in [-0.2, 0) is 16.4 Å². The van der Waals surface area contributed by atoms with Crippen LogP contribution in [0.3, 0.4) is 0 Å². The maximum atomic E-state index is 12.6. The van der Waals surface area contributed by atoms with Crippen LogP contribution in [0.4, 0.5) is 11.4 Å². The largest absolute Gasteiger partial charge is 0.384 e. The van der Waals surface area contributed by atoms with Gasteiger partial charge in [0.1, 0.15) is 0 Å². The number of anilines is 2. The predicted molar refractivity (Wildman–Crippen MR) is 104 cm³/mol. The summed E-state index contributed by atoms with van der Waals surface area (Å²) in [5.41, 5.74) is 3.37. The topological polar surface area (TPSA) is 71.1 Å². The minimum absolute atomic E-state index is 0.271. The molecule has 0 spiro atoms. The van der Waals surface area contributed by atoms with Crippen molar-refractivity contribution < 1.29 is 8.42 Å². The number of para-hydroxylation sites is 1. The van der Waals surface area contributed by atoms with E-state index in [0.717, 1.165) is 38.7 Å². The van der Waals surface area contributed by atoms with Crippen molar-refractivity contribution >= 4 is 54.9 Å². The van der Waals surface area contributed by atoms with E-state index in [1.165, 1.54) is 0 Å². The molecule has 2 aromatic carbocycles. The molecule has 7 heteroatoms. The molecule has 3 aromatic rings. The first kappa shape index (κ1) is 15.6. The first-order chi connectivity index (χ1) is 11.5. The van der Waals surface area contributed by atoms with Crippen LogP contribution in [-0.4, -0.2) is 19.9 Å². The van der Waals surface area contributed by atoms with E-state index < -0.39 is 10.0 Å². The molecule has 0 saturated carbocycles. The molecule has 2 N–H and O–H groups in total. The SMILES string of the molecule is O=S(=O)(Nc1cnc2c(I)cccc2c1)c1ccc2c(c1)CCN2. The van der Waals surface area contributed by atoms with Crippen molar-refractivity contribution in [2.45, 2.75) is 11.3 Å². The van der Waals surface area contributed by atoms with Gasteiger partial charge < -0.3 is 5.32 Å². The van der Waals surface area contributed by atoms with Crippen molar-refractivity contribution in [3.05, 3.63) is 57.8 Å². The van der Waals surface area contributed by atoms with Crippen LogP contribution in [0.1, 0.15) is 5.56 Å². The highest BCUT2D eigenvalue weighted by Gasteiger charge is 2.18. The lowest BCUT2D eigenvalue weighted by molar-refractivity contribution is 0.601. The van der Waals surface area contributed by atoms with Crippen LogP contribution >= 0.6 is 22.6 Å². The molecule has 0 fully saturated rings. The number of sulfonamides is 1. The van der Waals surface area contributed by atoms with E-state index in [1.54, 1.807) is 24.4 Å². The average molecular weight is 451 g/mol. The maximum absolute atomic E-state index is 12.6. The molecule has 0 saturated heterocycles. The van der Waals surface area contributed by atoms with Crippen LogP contribution in [0.5, 0.6) is 0 Å². The number of nitrogens with zero attached hydrogens (tertiary/aromatic N) is 1. The number of hydrogen-bond acceptors (Lipinski definition) is 4. The third-order valence-corrected chi connectivity index (χ3v) is 6.26. The Morgan fingerprint density at radius 2 is 2.04 bits per heavy atom. The Labute approximate surface area is 153 Å². The highest BCUT2D eigenvalue weighted by Crippen LogP contribution is 2.27. The standard InChI is InChI=1S/C17H14IN3O2S/c18-15-3-1-2-12-8-13(10-20-17(12)15)21-24(22,23)14-4-5-16-11(9-14)6-7-19-16/h1-5,8-10,19,21H,6-7H2. The van der Waals surface area contributed by atoms with Gasteiger partial charge >= 0.3 is 0 Å². The van der Waals surface area contributed by atoms with Crippen molar-refractivity contribution in [2.24, 2.45) is 0 Å². The number of rotatable bonds is 3. The highest BCUT2D eigenvalue weighted by molar-refractivity contribution is 14.1. The van der Waals surface area contributed by atoms with E-state index in [2.05, 4.69) is 37.6 Å². The molecule has 4 rings (SSSR count). The molecule has 1 aliphatic rings. The normalized spacial score (nSPS) is 13.5. The van der Waals surface area contributed by atoms with Gasteiger partial charge in [-0.25, -0.2) is 8.42 Å². The molecule has 5 nitrogen and oxygen atoms in total. The number of nitrogens with one attached hydrogen (secondary N) is 2. The summed E-state index contributed by atoms with van der Waals surface area (Å²) in [6.45, 7) is 0.847. The van der Waals surface area contributed by atoms with Crippen molar-refractivity contribution in [2.75, 3.05) is 16.6 Å². The summed E-state index contributed by atoms with van der Waals surface area (Å²) in [7, 11) is -3.63. The Kier molecular flexibility index (Phi) is 3.84. The van der Waals surface area contributed by atoms with Gasteiger partial charge in [0, 0.05) is 21.2 Å². The van der Waals surface area contributed by atoms with Gasteiger partial charge in [-0.15, -0.1) is 0 Å². The second kappa shape index (κ2) is 5.89. The quantitative estimate of drug-likeness (QED) is 0.597. The molecule has 0 atom stereocenters. The smallest absolute Gasteiger partial charge is 0.261 e. The van der Waals surface area contributed by atoms with Gasteiger partial charge in [-0.2, -0.15) is 0 Å².